The van der Waals surface area contributed by atoms with Crippen molar-refractivity contribution in [2.75, 3.05) is 0 Å². The molecule has 0 saturated carbocycles. The normalized spacial score (nSPS) is 11.0. The Bertz CT molecular complexity index is 1000. The smallest absolute Gasteiger partial charge is 0.248 e. The predicted octanol–water partition coefficient (Wildman–Crippen LogP) is 3.74. The van der Waals surface area contributed by atoms with E-state index in [-0.39, 0.29) is 5.56 Å². The van der Waals surface area contributed by atoms with E-state index in [4.69, 9.17) is 4.98 Å². The van der Waals surface area contributed by atoms with Gasteiger partial charge in [-0.05, 0) is 12.1 Å². The summed E-state index contributed by atoms with van der Waals surface area (Å²) in [7, 11) is 0. The molecule has 3 heteroatoms. The highest BCUT2D eigenvalue weighted by Gasteiger charge is 2.05. The van der Waals surface area contributed by atoms with E-state index in [0.717, 1.165) is 33.1 Å². The number of fused-ring (bicyclic) bond motifs is 3. The molecular weight excluding hydrogens is 260 g/mol. The number of H-pyrrole nitrogens is 1. The van der Waals surface area contributed by atoms with E-state index < -0.39 is 0 Å². The van der Waals surface area contributed by atoms with Crippen LogP contribution in [0, 0.1) is 0 Å². The van der Waals surface area contributed by atoms with Crippen LogP contribution in [0.5, 0.6) is 0 Å². The third-order valence-electron chi connectivity index (χ3n) is 3.63. The van der Waals surface area contributed by atoms with Crippen molar-refractivity contribution in [1.29, 1.82) is 0 Å². The van der Waals surface area contributed by atoms with Crippen molar-refractivity contribution in [1.82, 2.24) is 9.97 Å². The number of aromatic amines is 1. The average molecular weight is 272 g/mol. The standard InChI is InChI=1S/C18H12N2O/c21-16-11-9-14-7-6-13-8-10-15(12-4-2-1-3-5-12)19-17(13)18(14)20-16/h1-11H,(H,20,21). The summed E-state index contributed by atoms with van der Waals surface area (Å²) in [6.45, 7) is 0. The fraction of sp³-hybridized carbons (Fsp3) is 0. The Kier molecular flexibility index (Phi) is 2.57. The number of nitrogens with one attached hydrogen (secondary N) is 1. The van der Waals surface area contributed by atoms with Gasteiger partial charge < -0.3 is 4.98 Å². The quantitative estimate of drug-likeness (QED) is 0.536. The maximum absolute atomic E-state index is 11.6. The van der Waals surface area contributed by atoms with Crippen LogP contribution in [0.4, 0.5) is 0 Å². The molecule has 0 aliphatic rings. The highest BCUT2D eigenvalue weighted by atomic mass is 16.1. The molecule has 0 radical (unpaired) electrons. The molecule has 4 rings (SSSR count). The zero-order valence-electron chi connectivity index (χ0n) is 11.2. The minimum atomic E-state index is -0.109. The van der Waals surface area contributed by atoms with Crippen molar-refractivity contribution in [3.63, 3.8) is 0 Å². The number of hydrogen-bond donors (Lipinski definition) is 1. The van der Waals surface area contributed by atoms with Crippen LogP contribution in [0.25, 0.3) is 33.1 Å². The lowest BCUT2D eigenvalue weighted by Gasteiger charge is -2.06. The SMILES string of the molecule is O=c1ccc2ccc3ccc(-c4ccccc4)nc3c2[nH]1. The largest absolute Gasteiger partial charge is 0.320 e. The average Bonchev–Trinajstić information content (AvgIpc) is 2.55. The molecule has 3 nitrogen and oxygen atoms in total. The van der Waals surface area contributed by atoms with Gasteiger partial charge in [0.1, 0.15) is 0 Å². The van der Waals surface area contributed by atoms with Gasteiger partial charge in [0.2, 0.25) is 5.56 Å². The first-order valence-electron chi connectivity index (χ1n) is 6.79. The highest BCUT2D eigenvalue weighted by Crippen LogP contribution is 2.25. The summed E-state index contributed by atoms with van der Waals surface area (Å²) in [5.74, 6) is 0. The Morgan fingerprint density at radius 1 is 0.762 bits per heavy atom. The van der Waals surface area contributed by atoms with Crippen LogP contribution in [0.15, 0.2) is 71.5 Å². The van der Waals surface area contributed by atoms with E-state index >= 15 is 0 Å². The number of hydrogen-bond acceptors (Lipinski definition) is 2. The van der Waals surface area contributed by atoms with Gasteiger partial charge in [-0.3, -0.25) is 4.79 Å². The summed E-state index contributed by atoms with van der Waals surface area (Å²) in [6.07, 6.45) is 0. The predicted molar refractivity (Wildman–Crippen MR) is 85.3 cm³/mol. The molecule has 2 heterocycles. The van der Waals surface area contributed by atoms with Crippen molar-refractivity contribution in [3.05, 3.63) is 77.1 Å². The number of aromatic nitrogens is 2. The number of benzene rings is 2. The molecule has 0 unspecified atom stereocenters. The second kappa shape index (κ2) is 4.56. The number of pyridine rings is 2. The third-order valence-corrected chi connectivity index (χ3v) is 3.63. The molecule has 4 aromatic rings. The molecule has 2 aromatic carbocycles. The molecule has 0 amide bonds. The molecule has 0 bridgehead atoms. The van der Waals surface area contributed by atoms with Crippen LogP contribution >= 0.6 is 0 Å². The molecule has 0 aliphatic heterocycles. The summed E-state index contributed by atoms with van der Waals surface area (Å²) in [5, 5.41) is 2.00. The van der Waals surface area contributed by atoms with Gasteiger partial charge in [-0.25, -0.2) is 4.98 Å². The van der Waals surface area contributed by atoms with Crippen molar-refractivity contribution < 1.29 is 0 Å². The monoisotopic (exact) mass is 272 g/mol. The van der Waals surface area contributed by atoms with Gasteiger partial charge in [0.25, 0.3) is 0 Å². The van der Waals surface area contributed by atoms with Gasteiger partial charge in [-0.2, -0.15) is 0 Å². The van der Waals surface area contributed by atoms with E-state index in [1.165, 1.54) is 6.07 Å². The lowest BCUT2D eigenvalue weighted by molar-refractivity contribution is 1.30. The Morgan fingerprint density at radius 3 is 2.33 bits per heavy atom. The molecule has 0 saturated heterocycles. The lowest BCUT2D eigenvalue weighted by atomic mass is 10.1. The van der Waals surface area contributed by atoms with Crippen molar-refractivity contribution in [2.45, 2.75) is 0 Å². The van der Waals surface area contributed by atoms with Crippen LogP contribution in [-0.2, 0) is 0 Å². The summed E-state index contributed by atoms with van der Waals surface area (Å²) in [4.78, 5) is 19.2. The zero-order chi connectivity index (χ0) is 14.2. The minimum absolute atomic E-state index is 0.109. The van der Waals surface area contributed by atoms with Crippen LogP contribution < -0.4 is 5.56 Å². The van der Waals surface area contributed by atoms with E-state index in [1.54, 1.807) is 0 Å². The minimum Gasteiger partial charge on any atom is -0.320 e. The molecule has 2 aromatic heterocycles. The first-order chi connectivity index (χ1) is 10.3. The molecule has 0 atom stereocenters. The Hall–Kier alpha value is -2.94. The highest BCUT2D eigenvalue weighted by molar-refractivity contribution is 6.03. The van der Waals surface area contributed by atoms with Crippen molar-refractivity contribution >= 4 is 21.8 Å². The summed E-state index contributed by atoms with van der Waals surface area (Å²) in [5.41, 5.74) is 3.47. The van der Waals surface area contributed by atoms with Crippen molar-refractivity contribution in [2.24, 2.45) is 0 Å². The van der Waals surface area contributed by atoms with Crippen LogP contribution in [0.2, 0.25) is 0 Å². The molecular formula is C18H12N2O. The van der Waals surface area contributed by atoms with Crippen LogP contribution in [-0.4, -0.2) is 9.97 Å². The molecule has 0 aliphatic carbocycles. The van der Waals surface area contributed by atoms with E-state index in [2.05, 4.69) is 4.98 Å². The zero-order valence-corrected chi connectivity index (χ0v) is 11.2. The Balaban J connectivity index is 2.08. The van der Waals surface area contributed by atoms with Gasteiger partial charge in [0.15, 0.2) is 0 Å². The van der Waals surface area contributed by atoms with Gasteiger partial charge in [0, 0.05) is 22.4 Å². The number of nitrogens with zero attached hydrogens (tertiary/aromatic N) is 1. The lowest BCUT2D eigenvalue weighted by Crippen LogP contribution is -2.03. The molecule has 0 spiro atoms. The molecule has 100 valence electrons. The molecule has 0 fully saturated rings. The number of rotatable bonds is 1. The summed E-state index contributed by atoms with van der Waals surface area (Å²) >= 11 is 0. The van der Waals surface area contributed by atoms with Gasteiger partial charge in [-0.15, -0.1) is 0 Å². The molecule has 1 N–H and O–H groups in total. The summed E-state index contributed by atoms with van der Waals surface area (Å²) < 4.78 is 0. The maximum atomic E-state index is 11.6. The summed E-state index contributed by atoms with van der Waals surface area (Å²) in [6, 6.07) is 21.5. The van der Waals surface area contributed by atoms with Gasteiger partial charge >= 0.3 is 0 Å². The fourth-order valence-corrected chi connectivity index (χ4v) is 2.57. The molecule has 21 heavy (non-hydrogen) atoms. The van der Waals surface area contributed by atoms with E-state index in [0.29, 0.717) is 0 Å². The fourth-order valence-electron chi connectivity index (χ4n) is 2.57. The van der Waals surface area contributed by atoms with E-state index in [9.17, 15) is 4.79 Å². The topological polar surface area (TPSA) is 45.8 Å². The first kappa shape index (κ1) is 11.9. The Morgan fingerprint density at radius 2 is 1.48 bits per heavy atom. The second-order valence-corrected chi connectivity index (χ2v) is 4.99. The maximum Gasteiger partial charge on any atom is 0.248 e. The van der Waals surface area contributed by atoms with Crippen LogP contribution in [0.3, 0.4) is 0 Å². The van der Waals surface area contributed by atoms with Crippen molar-refractivity contribution in [3.8, 4) is 11.3 Å². The van der Waals surface area contributed by atoms with Gasteiger partial charge in [-0.1, -0.05) is 48.5 Å². The second-order valence-electron chi connectivity index (χ2n) is 4.99. The Labute approximate surface area is 120 Å². The van der Waals surface area contributed by atoms with Gasteiger partial charge in [0.05, 0.1) is 16.7 Å². The first-order valence-corrected chi connectivity index (χ1v) is 6.79. The third kappa shape index (κ3) is 1.99. The van der Waals surface area contributed by atoms with E-state index in [1.807, 2.05) is 60.7 Å². The van der Waals surface area contributed by atoms with Crippen LogP contribution in [0.1, 0.15) is 0 Å².